The van der Waals surface area contributed by atoms with Crippen LogP contribution < -0.4 is 9.62 Å². The maximum atomic E-state index is 13.0. The van der Waals surface area contributed by atoms with Crippen molar-refractivity contribution in [1.82, 2.24) is 0 Å². The zero-order chi connectivity index (χ0) is 23.5. The zero-order valence-electron chi connectivity index (χ0n) is 19.2. The first-order valence-electron chi connectivity index (χ1n) is 10.7. The lowest BCUT2D eigenvalue weighted by Gasteiger charge is -2.21. The molecule has 0 heterocycles. The summed E-state index contributed by atoms with van der Waals surface area (Å²) < 4.78 is 27.2. The van der Waals surface area contributed by atoms with E-state index in [9.17, 15) is 13.2 Å². The third-order valence-electron chi connectivity index (χ3n) is 5.51. The van der Waals surface area contributed by atoms with E-state index in [2.05, 4.69) is 33.0 Å². The molecule has 0 unspecified atom stereocenters. The Hall–Kier alpha value is -3.12. The lowest BCUT2D eigenvalue weighted by Crippen LogP contribution is -2.26. The number of nitrogens with one attached hydrogen (secondary N) is 1. The number of benzene rings is 3. The summed E-state index contributed by atoms with van der Waals surface area (Å²) in [5.74, 6) is 0.246. The van der Waals surface area contributed by atoms with Crippen molar-refractivity contribution >= 4 is 27.3 Å². The Morgan fingerprint density at radius 3 is 1.81 bits per heavy atom. The predicted octanol–water partition coefficient (Wildman–Crippen LogP) is 6.01. The Labute approximate surface area is 191 Å². The maximum absolute atomic E-state index is 13.0. The highest BCUT2D eigenvalue weighted by Crippen LogP contribution is 2.33. The summed E-state index contributed by atoms with van der Waals surface area (Å²) in [4.78, 5) is 13.1. The minimum atomic E-state index is -3.73. The molecule has 6 heteroatoms. The van der Waals surface area contributed by atoms with E-state index < -0.39 is 10.0 Å². The molecule has 3 rings (SSSR count). The van der Waals surface area contributed by atoms with Gasteiger partial charge in [-0.1, -0.05) is 64.1 Å². The first-order valence-corrected chi connectivity index (χ1v) is 12.1. The third kappa shape index (κ3) is 4.86. The second-order valence-electron chi connectivity index (χ2n) is 8.41. The molecular formula is C26H30N2O3S. The summed E-state index contributed by atoms with van der Waals surface area (Å²) in [5.41, 5.74) is 3.96. The van der Waals surface area contributed by atoms with Gasteiger partial charge in [0.05, 0.1) is 10.6 Å². The number of sulfonamides is 1. The fourth-order valence-corrected chi connectivity index (χ4v) is 4.79. The van der Waals surface area contributed by atoms with Crippen LogP contribution >= 0.6 is 0 Å². The molecule has 0 spiro atoms. The number of amides is 1. The van der Waals surface area contributed by atoms with E-state index in [4.69, 9.17) is 0 Å². The Kier molecular flexibility index (Phi) is 7.04. The smallest absolute Gasteiger partial charge is 0.264 e. The third-order valence-corrected chi connectivity index (χ3v) is 7.31. The summed E-state index contributed by atoms with van der Waals surface area (Å²) in [6, 6.07) is 21.0. The molecule has 0 saturated heterocycles. The number of carbonyl (C=O) groups is 1. The van der Waals surface area contributed by atoms with E-state index in [0.29, 0.717) is 11.3 Å². The van der Waals surface area contributed by atoms with Gasteiger partial charge in [-0.2, -0.15) is 0 Å². The van der Waals surface area contributed by atoms with Crippen LogP contribution in [0.2, 0.25) is 0 Å². The Bertz CT molecular complexity index is 1160. The number of anilines is 2. The summed E-state index contributed by atoms with van der Waals surface area (Å²) in [6.07, 6.45) is 0. The van der Waals surface area contributed by atoms with Crippen molar-refractivity contribution in [2.45, 2.75) is 44.4 Å². The first kappa shape index (κ1) is 23.5. The second-order valence-corrected chi connectivity index (χ2v) is 10.4. The highest BCUT2D eigenvalue weighted by Gasteiger charge is 2.22. The van der Waals surface area contributed by atoms with Crippen LogP contribution in [-0.4, -0.2) is 21.4 Å². The van der Waals surface area contributed by atoms with Gasteiger partial charge in [0.15, 0.2) is 0 Å². The van der Waals surface area contributed by atoms with Gasteiger partial charge in [0.25, 0.3) is 15.9 Å². The molecule has 32 heavy (non-hydrogen) atoms. The molecule has 0 radical (unpaired) electrons. The van der Waals surface area contributed by atoms with Crippen LogP contribution in [0, 0.1) is 0 Å². The first-order chi connectivity index (χ1) is 15.1. The van der Waals surface area contributed by atoms with Gasteiger partial charge in [0, 0.05) is 18.3 Å². The number of rotatable bonds is 7. The Morgan fingerprint density at radius 2 is 1.31 bits per heavy atom. The van der Waals surface area contributed by atoms with Gasteiger partial charge < -0.3 is 5.32 Å². The van der Waals surface area contributed by atoms with Crippen molar-refractivity contribution in [3.8, 4) is 0 Å². The minimum Gasteiger partial charge on any atom is -0.321 e. The fourth-order valence-electron chi connectivity index (χ4n) is 3.59. The zero-order valence-corrected chi connectivity index (χ0v) is 20.0. The number of carbonyl (C=O) groups excluding carboxylic acids is 1. The lowest BCUT2D eigenvalue weighted by atomic mass is 9.92. The van der Waals surface area contributed by atoms with Crippen LogP contribution in [0.1, 0.15) is 61.0 Å². The second kappa shape index (κ2) is 9.57. The van der Waals surface area contributed by atoms with Gasteiger partial charge in [-0.3, -0.25) is 9.10 Å². The number of hydrogen-bond acceptors (Lipinski definition) is 3. The topological polar surface area (TPSA) is 66.5 Å². The highest BCUT2D eigenvalue weighted by molar-refractivity contribution is 7.92. The van der Waals surface area contributed by atoms with E-state index in [0.717, 1.165) is 16.8 Å². The maximum Gasteiger partial charge on any atom is 0.264 e. The van der Waals surface area contributed by atoms with E-state index >= 15 is 0 Å². The minimum absolute atomic E-state index is 0.130. The van der Waals surface area contributed by atoms with Gasteiger partial charge in [-0.25, -0.2) is 8.42 Å². The fraction of sp³-hybridized carbons (Fsp3) is 0.269. The van der Waals surface area contributed by atoms with Crippen molar-refractivity contribution < 1.29 is 13.2 Å². The molecule has 0 atom stereocenters. The highest BCUT2D eigenvalue weighted by atomic mass is 32.2. The molecule has 0 fully saturated rings. The summed E-state index contributed by atoms with van der Waals surface area (Å²) in [5, 5.41) is 3.07. The molecule has 1 amide bonds. The van der Waals surface area contributed by atoms with Gasteiger partial charge >= 0.3 is 0 Å². The Balaban J connectivity index is 1.87. The van der Waals surface area contributed by atoms with Crippen molar-refractivity contribution in [3.05, 3.63) is 89.5 Å². The molecule has 0 aliphatic rings. The average molecular weight is 451 g/mol. The van der Waals surface area contributed by atoms with Crippen molar-refractivity contribution in [2.24, 2.45) is 0 Å². The van der Waals surface area contributed by atoms with Crippen molar-refractivity contribution in [2.75, 3.05) is 16.7 Å². The summed E-state index contributed by atoms with van der Waals surface area (Å²) in [6.45, 7) is 8.38. The van der Waals surface area contributed by atoms with E-state index in [-0.39, 0.29) is 22.6 Å². The molecular weight excluding hydrogens is 420 g/mol. The number of para-hydroxylation sites is 2. The van der Waals surface area contributed by atoms with Crippen LogP contribution in [-0.2, 0) is 10.0 Å². The largest absolute Gasteiger partial charge is 0.321 e. The van der Waals surface area contributed by atoms with Crippen LogP contribution in [0.5, 0.6) is 0 Å². The standard InChI is InChI=1S/C26H30N2O3S/c1-18(2)23-12-9-13-24(19(3)4)25(23)27-26(29)20-14-16-22(17-15-20)32(30,31)28(5)21-10-7-6-8-11-21/h6-19H,1-5H3,(H,27,29). The van der Waals surface area contributed by atoms with Gasteiger partial charge in [0.1, 0.15) is 0 Å². The average Bonchev–Trinajstić information content (AvgIpc) is 2.79. The monoisotopic (exact) mass is 450 g/mol. The molecule has 0 bridgehead atoms. The molecule has 1 N–H and O–H groups in total. The molecule has 0 saturated carbocycles. The normalized spacial score (nSPS) is 11.6. The molecule has 0 aliphatic heterocycles. The molecule has 3 aromatic rings. The predicted molar refractivity (Wildman–Crippen MR) is 131 cm³/mol. The van der Waals surface area contributed by atoms with Crippen molar-refractivity contribution in [1.29, 1.82) is 0 Å². The molecule has 5 nitrogen and oxygen atoms in total. The SMILES string of the molecule is CC(C)c1cccc(C(C)C)c1NC(=O)c1ccc(S(=O)(=O)N(C)c2ccccc2)cc1. The van der Waals surface area contributed by atoms with E-state index in [1.807, 2.05) is 24.3 Å². The summed E-state index contributed by atoms with van der Waals surface area (Å²) in [7, 11) is -2.21. The molecule has 3 aromatic carbocycles. The van der Waals surface area contributed by atoms with Crippen molar-refractivity contribution in [3.63, 3.8) is 0 Å². The number of hydrogen-bond donors (Lipinski definition) is 1. The molecule has 168 valence electrons. The van der Waals surface area contributed by atoms with E-state index in [1.165, 1.54) is 23.5 Å². The number of nitrogens with zero attached hydrogens (tertiary/aromatic N) is 1. The lowest BCUT2D eigenvalue weighted by molar-refractivity contribution is 0.102. The quantitative estimate of drug-likeness (QED) is 0.479. The Morgan fingerprint density at radius 1 is 0.781 bits per heavy atom. The summed E-state index contributed by atoms with van der Waals surface area (Å²) >= 11 is 0. The van der Waals surface area contributed by atoms with Crippen LogP contribution in [0.4, 0.5) is 11.4 Å². The molecule has 0 aromatic heterocycles. The van der Waals surface area contributed by atoms with Gasteiger partial charge in [-0.15, -0.1) is 0 Å². The van der Waals surface area contributed by atoms with E-state index in [1.54, 1.807) is 36.4 Å². The van der Waals surface area contributed by atoms with Crippen LogP contribution in [0.3, 0.4) is 0 Å². The molecule has 0 aliphatic carbocycles. The van der Waals surface area contributed by atoms with Gasteiger partial charge in [-0.05, 0) is 59.4 Å². The van der Waals surface area contributed by atoms with Crippen LogP contribution in [0.25, 0.3) is 0 Å². The van der Waals surface area contributed by atoms with Crippen LogP contribution in [0.15, 0.2) is 77.7 Å². The van der Waals surface area contributed by atoms with Gasteiger partial charge in [0.2, 0.25) is 0 Å².